The molecule has 0 amide bonds. The first-order valence-electron chi connectivity index (χ1n) is 6.42. The Bertz CT molecular complexity index is 589. The van der Waals surface area contributed by atoms with Gasteiger partial charge >= 0.3 is 0 Å². The normalized spacial score (nSPS) is 11.1. The lowest BCUT2D eigenvalue weighted by Crippen LogP contribution is -2.24. The van der Waals surface area contributed by atoms with Crippen molar-refractivity contribution in [1.29, 1.82) is 0 Å². The number of nitrogens with zero attached hydrogens (tertiary/aromatic N) is 1. The van der Waals surface area contributed by atoms with Gasteiger partial charge in [-0.3, -0.25) is 10.1 Å². The monoisotopic (exact) mass is 317 g/mol. The van der Waals surface area contributed by atoms with Crippen molar-refractivity contribution in [3.8, 4) is 5.75 Å². The first kappa shape index (κ1) is 17.2. The molecule has 9 heteroatoms. The molecule has 0 aliphatic heterocycles. The number of sulfonamides is 1. The van der Waals surface area contributed by atoms with Gasteiger partial charge in [0.1, 0.15) is 5.75 Å². The summed E-state index contributed by atoms with van der Waals surface area (Å²) in [5.41, 5.74) is 0.504. The van der Waals surface area contributed by atoms with E-state index in [1.165, 1.54) is 12.1 Å². The Kier molecular flexibility index (Phi) is 6.38. The van der Waals surface area contributed by atoms with Crippen LogP contribution >= 0.6 is 0 Å². The third-order valence-electron chi connectivity index (χ3n) is 2.46. The summed E-state index contributed by atoms with van der Waals surface area (Å²) in [4.78, 5) is 10.4. The number of non-ortho nitro benzene ring substituents is 1. The molecular weight excluding hydrogens is 298 g/mol. The number of rotatable bonds is 9. The Balaban J connectivity index is 2.59. The first-order valence-corrected chi connectivity index (χ1v) is 8.31. The lowest BCUT2D eigenvalue weighted by atomic mass is 10.2. The molecule has 0 aliphatic rings. The van der Waals surface area contributed by atoms with Crippen molar-refractivity contribution in [1.82, 2.24) is 4.72 Å². The largest absolute Gasteiger partial charge is 0.494 e. The summed E-state index contributed by atoms with van der Waals surface area (Å²) in [6.45, 7) is 3.00. The molecule has 118 valence electrons. The van der Waals surface area contributed by atoms with Crippen LogP contribution in [0.5, 0.6) is 5.75 Å². The topological polar surface area (TPSA) is 111 Å². The predicted octanol–water partition coefficient (Wildman–Crippen LogP) is 1.34. The molecule has 21 heavy (non-hydrogen) atoms. The molecule has 1 aromatic rings. The van der Waals surface area contributed by atoms with E-state index in [0.717, 1.165) is 6.26 Å². The summed E-state index contributed by atoms with van der Waals surface area (Å²) in [6.07, 6.45) is 1.65. The fourth-order valence-corrected chi connectivity index (χ4v) is 2.13. The summed E-state index contributed by atoms with van der Waals surface area (Å²) < 4.78 is 29.4. The zero-order valence-electron chi connectivity index (χ0n) is 12.0. The highest BCUT2D eigenvalue weighted by Gasteiger charge is 2.10. The maximum atomic E-state index is 10.9. The molecule has 0 bridgehead atoms. The van der Waals surface area contributed by atoms with Gasteiger partial charge in [-0.2, -0.15) is 0 Å². The quantitative estimate of drug-likeness (QED) is 0.404. The van der Waals surface area contributed by atoms with E-state index in [9.17, 15) is 18.5 Å². The van der Waals surface area contributed by atoms with Gasteiger partial charge in [0.2, 0.25) is 10.0 Å². The molecule has 0 fully saturated rings. The summed E-state index contributed by atoms with van der Waals surface area (Å²) in [5, 5.41) is 13.8. The van der Waals surface area contributed by atoms with Crippen LogP contribution in [0.15, 0.2) is 18.2 Å². The van der Waals surface area contributed by atoms with Gasteiger partial charge < -0.3 is 10.1 Å². The summed E-state index contributed by atoms with van der Waals surface area (Å²) in [6, 6.07) is 4.44. The Morgan fingerprint density at radius 3 is 2.57 bits per heavy atom. The fraction of sp³-hybridized carbons (Fsp3) is 0.500. The minimum Gasteiger partial charge on any atom is -0.494 e. The van der Waals surface area contributed by atoms with E-state index in [1.807, 2.05) is 0 Å². The Morgan fingerprint density at radius 2 is 2.00 bits per heavy atom. The Morgan fingerprint density at radius 1 is 1.29 bits per heavy atom. The van der Waals surface area contributed by atoms with Gasteiger partial charge in [-0.25, -0.2) is 13.1 Å². The molecule has 0 saturated carbocycles. The minimum absolute atomic E-state index is 0.0577. The smallest absolute Gasteiger partial charge is 0.275 e. The third-order valence-corrected chi connectivity index (χ3v) is 3.19. The minimum atomic E-state index is -3.19. The number of hydrogen-bond donors (Lipinski definition) is 2. The third kappa shape index (κ3) is 6.91. The van der Waals surface area contributed by atoms with Crippen LogP contribution in [0, 0.1) is 10.1 Å². The Hall–Kier alpha value is -1.87. The predicted molar refractivity (Wildman–Crippen MR) is 80.2 cm³/mol. The van der Waals surface area contributed by atoms with Crippen LogP contribution in [0.2, 0.25) is 0 Å². The van der Waals surface area contributed by atoms with Crippen LogP contribution in [0.1, 0.15) is 13.3 Å². The van der Waals surface area contributed by atoms with Crippen LogP contribution in [0.25, 0.3) is 0 Å². The molecule has 0 spiro atoms. The van der Waals surface area contributed by atoms with E-state index in [-0.39, 0.29) is 5.69 Å². The van der Waals surface area contributed by atoms with E-state index in [0.29, 0.717) is 37.6 Å². The zero-order valence-corrected chi connectivity index (χ0v) is 12.8. The second-order valence-corrected chi connectivity index (χ2v) is 6.19. The number of nitrogens with one attached hydrogen (secondary N) is 2. The number of benzene rings is 1. The average molecular weight is 317 g/mol. The molecule has 0 atom stereocenters. The summed E-state index contributed by atoms with van der Waals surface area (Å²) in [7, 11) is -3.19. The highest BCUT2D eigenvalue weighted by Crippen LogP contribution is 2.25. The van der Waals surface area contributed by atoms with Gasteiger partial charge in [-0.15, -0.1) is 0 Å². The number of nitro benzene ring substituents is 1. The summed E-state index contributed by atoms with van der Waals surface area (Å²) in [5.74, 6) is 0.420. The first-order chi connectivity index (χ1) is 9.81. The molecule has 0 unspecified atom stereocenters. The van der Waals surface area contributed by atoms with Crippen LogP contribution < -0.4 is 14.8 Å². The number of hydrogen-bond acceptors (Lipinski definition) is 6. The highest BCUT2D eigenvalue weighted by atomic mass is 32.2. The van der Waals surface area contributed by atoms with Gasteiger partial charge in [-0.1, -0.05) is 0 Å². The molecule has 2 N–H and O–H groups in total. The lowest BCUT2D eigenvalue weighted by molar-refractivity contribution is -0.384. The van der Waals surface area contributed by atoms with Crippen molar-refractivity contribution in [2.45, 2.75) is 13.3 Å². The lowest BCUT2D eigenvalue weighted by Gasteiger charge is -2.09. The van der Waals surface area contributed by atoms with Crippen molar-refractivity contribution in [3.05, 3.63) is 28.3 Å². The van der Waals surface area contributed by atoms with Crippen LogP contribution in [-0.2, 0) is 10.0 Å². The van der Waals surface area contributed by atoms with Crippen LogP contribution in [0.4, 0.5) is 11.4 Å². The maximum absolute atomic E-state index is 10.9. The SMILES string of the molecule is CCOc1cc(NCCCNS(C)(=O)=O)cc([N+](=O)[O-])c1. The van der Waals surface area contributed by atoms with Crippen molar-refractivity contribution in [3.63, 3.8) is 0 Å². The van der Waals surface area contributed by atoms with Gasteiger partial charge in [0.25, 0.3) is 5.69 Å². The highest BCUT2D eigenvalue weighted by molar-refractivity contribution is 7.88. The van der Waals surface area contributed by atoms with E-state index in [2.05, 4.69) is 10.0 Å². The number of anilines is 1. The number of nitro groups is 1. The van der Waals surface area contributed by atoms with E-state index < -0.39 is 14.9 Å². The number of ether oxygens (including phenoxy) is 1. The second-order valence-electron chi connectivity index (χ2n) is 4.35. The van der Waals surface area contributed by atoms with Gasteiger partial charge in [0.15, 0.2) is 0 Å². The maximum Gasteiger partial charge on any atom is 0.275 e. The van der Waals surface area contributed by atoms with E-state index in [1.54, 1.807) is 13.0 Å². The van der Waals surface area contributed by atoms with Gasteiger partial charge in [-0.05, 0) is 13.3 Å². The van der Waals surface area contributed by atoms with Crippen LogP contribution in [-0.4, -0.2) is 39.3 Å². The molecule has 0 radical (unpaired) electrons. The standard InChI is InChI=1S/C12H19N3O5S/c1-3-20-12-8-10(7-11(9-12)15(16)17)13-5-4-6-14-21(2,18)19/h7-9,13-14H,3-6H2,1-2H3. The van der Waals surface area contributed by atoms with E-state index in [4.69, 9.17) is 4.74 Å². The molecule has 0 aromatic heterocycles. The van der Waals surface area contributed by atoms with E-state index >= 15 is 0 Å². The van der Waals surface area contributed by atoms with Crippen molar-refractivity contribution in [2.24, 2.45) is 0 Å². The second kappa shape index (κ2) is 7.79. The van der Waals surface area contributed by atoms with Crippen molar-refractivity contribution < 1.29 is 18.1 Å². The Labute approximate surface area is 123 Å². The fourth-order valence-electron chi connectivity index (χ4n) is 1.62. The van der Waals surface area contributed by atoms with Crippen molar-refractivity contribution >= 4 is 21.4 Å². The van der Waals surface area contributed by atoms with Gasteiger partial charge in [0.05, 0.1) is 23.9 Å². The molecular formula is C12H19N3O5S. The van der Waals surface area contributed by atoms with Crippen molar-refractivity contribution in [2.75, 3.05) is 31.3 Å². The zero-order chi connectivity index (χ0) is 15.9. The van der Waals surface area contributed by atoms with Gasteiger partial charge in [0, 0.05) is 30.9 Å². The molecule has 0 aliphatic carbocycles. The molecule has 0 heterocycles. The molecule has 1 aromatic carbocycles. The molecule has 8 nitrogen and oxygen atoms in total. The molecule has 0 saturated heterocycles. The summed E-state index contributed by atoms with van der Waals surface area (Å²) >= 11 is 0. The average Bonchev–Trinajstić information content (AvgIpc) is 2.37. The molecule has 1 rings (SSSR count). The van der Waals surface area contributed by atoms with Crippen LogP contribution in [0.3, 0.4) is 0 Å².